The van der Waals surface area contributed by atoms with Gasteiger partial charge in [-0.3, -0.25) is 4.79 Å². The number of thiazole rings is 1. The van der Waals surface area contributed by atoms with E-state index < -0.39 is 0 Å². The maximum absolute atomic E-state index is 12.8. The fourth-order valence-electron chi connectivity index (χ4n) is 2.81. The summed E-state index contributed by atoms with van der Waals surface area (Å²) in [5, 5.41) is 4.59. The first kappa shape index (κ1) is 19.1. The third-order valence-corrected chi connectivity index (χ3v) is 5.91. The lowest BCUT2D eigenvalue weighted by Gasteiger charge is -2.12. The number of hydrogen-bond acceptors (Lipinski definition) is 5. The number of aryl methyl sites for hydroxylation is 1. The van der Waals surface area contributed by atoms with E-state index in [1.807, 2.05) is 18.2 Å². The van der Waals surface area contributed by atoms with Crippen molar-refractivity contribution in [1.29, 1.82) is 0 Å². The van der Waals surface area contributed by atoms with E-state index >= 15 is 0 Å². The van der Waals surface area contributed by atoms with Crippen molar-refractivity contribution in [3.63, 3.8) is 0 Å². The summed E-state index contributed by atoms with van der Waals surface area (Å²) in [4.78, 5) is 17.9. The highest BCUT2D eigenvalue weighted by molar-refractivity contribution is 7.17. The Labute approximate surface area is 176 Å². The number of anilines is 1. The molecule has 5 nitrogen and oxygen atoms in total. The Morgan fingerprint density at radius 3 is 2.64 bits per heavy atom. The summed E-state index contributed by atoms with van der Waals surface area (Å²) < 4.78 is 11.3. The van der Waals surface area contributed by atoms with Gasteiger partial charge in [0.25, 0.3) is 5.91 Å². The van der Waals surface area contributed by atoms with Crippen LogP contribution in [-0.2, 0) is 0 Å². The van der Waals surface area contributed by atoms with Crippen LogP contribution in [0.15, 0.2) is 36.4 Å². The molecular formula is C20H16Cl2N2O3S. The average molecular weight is 435 g/mol. The number of ether oxygens (including phenoxy) is 2. The molecule has 144 valence electrons. The van der Waals surface area contributed by atoms with E-state index in [1.165, 1.54) is 11.3 Å². The van der Waals surface area contributed by atoms with Crippen molar-refractivity contribution in [3.05, 3.63) is 57.0 Å². The molecule has 0 radical (unpaired) electrons. The van der Waals surface area contributed by atoms with Gasteiger partial charge in [-0.1, -0.05) is 35.3 Å². The van der Waals surface area contributed by atoms with E-state index in [2.05, 4.69) is 10.3 Å². The topological polar surface area (TPSA) is 60.5 Å². The molecule has 0 saturated heterocycles. The highest BCUT2D eigenvalue weighted by Crippen LogP contribution is 2.38. The Hall–Kier alpha value is -2.28. The minimum atomic E-state index is -0.278. The number of rotatable bonds is 3. The number of aromatic nitrogens is 1. The highest BCUT2D eigenvalue weighted by Gasteiger charge is 2.20. The van der Waals surface area contributed by atoms with Crippen molar-refractivity contribution in [3.8, 4) is 22.1 Å². The quantitative estimate of drug-likeness (QED) is 0.562. The number of halogens is 2. The van der Waals surface area contributed by atoms with Gasteiger partial charge in [0.05, 0.1) is 29.6 Å². The lowest BCUT2D eigenvalue weighted by Crippen LogP contribution is -2.12. The molecule has 0 spiro atoms. The second-order valence-corrected chi connectivity index (χ2v) is 8.07. The summed E-state index contributed by atoms with van der Waals surface area (Å²) in [5.74, 6) is 0.871. The van der Waals surface area contributed by atoms with E-state index in [-0.39, 0.29) is 5.91 Å². The second kappa shape index (κ2) is 7.99. The first-order valence-electron chi connectivity index (χ1n) is 8.65. The zero-order chi connectivity index (χ0) is 19.7. The van der Waals surface area contributed by atoms with Crippen LogP contribution in [0.1, 0.15) is 21.8 Å². The summed E-state index contributed by atoms with van der Waals surface area (Å²) in [6.07, 6.45) is 0.792. The summed E-state index contributed by atoms with van der Waals surface area (Å²) >= 11 is 13.7. The monoisotopic (exact) mass is 434 g/mol. The molecule has 3 aromatic rings. The molecule has 2 heterocycles. The summed E-state index contributed by atoms with van der Waals surface area (Å²) in [5.41, 5.74) is 1.98. The van der Waals surface area contributed by atoms with Crippen LogP contribution in [0.3, 0.4) is 0 Å². The van der Waals surface area contributed by atoms with Crippen LogP contribution in [0.2, 0.25) is 10.0 Å². The van der Waals surface area contributed by atoms with Gasteiger partial charge in [-0.05, 0) is 19.1 Å². The van der Waals surface area contributed by atoms with E-state index in [1.54, 1.807) is 25.1 Å². The summed E-state index contributed by atoms with van der Waals surface area (Å²) in [6, 6.07) is 10.7. The largest absolute Gasteiger partial charge is 0.490 e. The van der Waals surface area contributed by atoms with Crippen LogP contribution in [0.25, 0.3) is 10.6 Å². The third kappa shape index (κ3) is 3.94. The Balaban J connectivity index is 1.60. The summed E-state index contributed by atoms with van der Waals surface area (Å²) in [6.45, 7) is 2.93. The Kier molecular flexibility index (Phi) is 5.44. The number of benzene rings is 2. The third-order valence-electron chi connectivity index (χ3n) is 4.16. The van der Waals surface area contributed by atoms with Gasteiger partial charge >= 0.3 is 0 Å². The van der Waals surface area contributed by atoms with Gasteiger partial charge in [0.15, 0.2) is 11.5 Å². The lowest BCUT2D eigenvalue weighted by molar-refractivity contribution is 0.103. The van der Waals surface area contributed by atoms with Gasteiger partial charge in [-0.2, -0.15) is 0 Å². The zero-order valence-electron chi connectivity index (χ0n) is 14.9. The van der Waals surface area contributed by atoms with Gasteiger partial charge in [0.2, 0.25) is 0 Å². The Morgan fingerprint density at radius 1 is 1.14 bits per heavy atom. The fraction of sp³-hybridized carbons (Fsp3) is 0.200. The minimum Gasteiger partial charge on any atom is -0.490 e. The Morgan fingerprint density at radius 2 is 1.89 bits per heavy atom. The number of fused-ring (bicyclic) bond motifs is 1. The van der Waals surface area contributed by atoms with Crippen molar-refractivity contribution < 1.29 is 14.3 Å². The van der Waals surface area contributed by atoms with Crippen LogP contribution in [0.5, 0.6) is 11.5 Å². The molecule has 0 saturated carbocycles. The summed E-state index contributed by atoms with van der Waals surface area (Å²) in [7, 11) is 0. The molecule has 4 rings (SSSR count). The van der Waals surface area contributed by atoms with E-state index in [4.69, 9.17) is 32.7 Å². The van der Waals surface area contributed by atoms with E-state index in [9.17, 15) is 4.79 Å². The minimum absolute atomic E-state index is 0.278. The number of carbonyl (C=O) groups is 1. The fourth-order valence-corrected chi connectivity index (χ4v) is 4.16. The van der Waals surface area contributed by atoms with Crippen LogP contribution < -0.4 is 14.8 Å². The van der Waals surface area contributed by atoms with E-state index in [0.717, 1.165) is 17.0 Å². The molecule has 1 aliphatic rings. The van der Waals surface area contributed by atoms with Gasteiger partial charge in [0, 0.05) is 29.1 Å². The van der Waals surface area contributed by atoms with Gasteiger partial charge in [0.1, 0.15) is 9.88 Å². The second-order valence-electron chi connectivity index (χ2n) is 6.23. The molecule has 1 aliphatic heterocycles. The lowest BCUT2D eigenvalue weighted by atomic mass is 10.2. The van der Waals surface area contributed by atoms with Crippen molar-refractivity contribution in [2.75, 3.05) is 18.5 Å². The SMILES string of the molecule is Cc1nc(-c2cccc(Cl)c2)sc1C(=O)Nc1cc2c(cc1Cl)OCCCO2. The zero-order valence-corrected chi connectivity index (χ0v) is 17.2. The maximum atomic E-state index is 12.8. The van der Waals surface area contributed by atoms with Gasteiger partial charge < -0.3 is 14.8 Å². The molecule has 0 unspecified atom stereocenters. The first-order chi connectivity index (χ1) is 13.5. The smallest absolute Gasteiger partial charge is 0.267 e. The van der Waals surface area contributed by atoms with Crippen molar-refractivity contribution in [2.45, 2.75) is 13.3 Å². The highest BCUT2D eigenvalue weighted by atomic mass is 35.5. The Bertz CT molecular complexity index is 1050. The molecule has 2 aromatic carbocycles. The standard InChI is InChI=1S/C20H16Cl2N2O3S/c1-11-18(28-20(23-11)12-4-2-5-13(21)8-12)19(25)24-15-10-17-16(9-14(15)22)26-6-3-7-27-17/h2,4-5,8-10H,3,6-7H2,1H3,(H,24,25). The van der Waals surface area contributed by atoms with Crippen molar-refractivity contribution in [1.82, 2.24) is 4.98 Å². The molecular weight excluding hydrogens is 419 g/mol. The van der Waals surface area contributed by atoms with Gasteiger partial charge in [-0.25, -0.2) is 4.98 Å². The number of hydrogen-bond donors (Lipinski definition) is 1. The first-order valence-corrected chi connectivity index (χ1v) is 10.2. The van der Waals surface area contributed by atoms with Crippen molar-refractivity contribution in [2.24, 2.45) is 0 Å². The van der Waals surface area contributed by atoms with Crippen LogP contribution in [-0.4, -0.2) is 24.1 Å². The van der Waals surface area contributed by atoms with Crippen LogP contribution in [0, 0.1) is 6.92 Å². The molecule has 8 heteroatoms. The molecule has 1 N–H and O–H groups in total. The molecule has 1 amide bonds. The predicted octanol–water partition coefficient (Wildman–Crippen LogP) is 5.84. The van der Waals surface area contributed by atoms with Gasteiger partial charge in [-0.15, -0.1) is 11.3 Å². The van der Waals surface area contributed by atoms with E-state index in [0.29, 0.717) is 51.0 Å². The number of carbonyl (C=O) groups excluding carboxylic acids is 1. The number of nitrogens with zero attached hydrogens (tertiary/aromatic N) is 1. The predicted molar refractivity (Wildman–Crippen MR) is 112 cm³/mol. The van der Waals surface area contributed by atoms with Crippen molar-refractivity contribution >= 4 is 46.1 Å². The molecule has 0 bridgehead atoms. The van der Waals surface area contributed by atoms with Crippen LogP contribution in [0.4, 0.5) is 5.69 Å². The molecule has 28 heavy (non-hydrogen) atoms. The molecule has 0 aliphatic carbocycles. The number of amides is 1. The normalized spacial score (nSPS) is 13.1. The number of nitrogens with one attached hydrogen (secondary N) is 1. The maximum Gasteiger partial charge on any atom is 0.267 e. The molecule has 0 fully saturated rings. The molecule has 1 aromatic heterocycles. The molecule has 0 atom stereocenters. The van der Waals surface area contributed by atoms with Crippen LogP contribution >= 0.6 is 34.5 Å². The average Bonchev–Trinajstić information content (AvgIpc) is 2.91.